The molecule has 3 aromatic rings. The molecule has 154 valence electrons. The molecule has 8 nitrogen and oxygen atoms in total. The first kappa shape index (κ1) is 20.0. The minimum atomic E-state index is -0.279. The number of halogens is 1. The molecule has 1 aliphatic rings. The standard InChI is InChI=1S/C21H21ClN6O2/c1-14-13-20-27(11-2-12-28(20)26-14)21(30)10-9-19(29)23-18-8-7-17(24-25-18)15-3-5-16(22)6-4-15/h3-8,13H,2,9-12H2,1H3,(H,23,25,29). The van der Waals surface area contributed by atoms with E-state index in [1.54, 1.807) is 29.2 Å². The van der Waals surface area contributed by atoms with E-state index in [1.165, 1.54) is 0 Å². The third kappa shape index (κ3) is 4.49. The average molecular weight is 425 g/mol. The summed E-state index contributed by atoms with van der Waals surface area (Å²) >= 11 is 5.89. The van der Waals surface area contributed by atoms with Crippen molar-refractivity contribution in [3.8, 4) is 11.3 Å². The number of benzene rings is 1. The lowest BCUT2D eigenvalue weighted by Crippen LogP contribution is -2.37. The Bertz CT molecular complexity index is 1060. The molecule has 9 heteroatoms. The first-order valence-corrected chi connectivity index (χ1v) is 10.1. The van der Waals surface area contributed by atoms with Gasteiger partial charge in [0.05, 0.1) is 11.4 Å². The van der Waals surface area contributed by atoms with E-state index in [0.717, 1.165) is 30.0 Å². The third-order valence-electron chi connectivity index (χ3n) is 4.85. The highest BCUT2D eigenvalue weighted by Gasteiger charge is 2.24. The number of amides is 2. The number of rotatable bonds is 5. The van der Waals surface area contributed by atoms with E-state index in [9.17, 15) is 9.59 Å². The van der Waals surface area contributed by atoms with Gasteiger partial charge in [-0.15, -0.1) is 10.2 Å². The fourth-order valence-corrected chi connectivity index (χ4v) is 3.52. The van der Waals surface area contributed by atoms with Crippen LogP contribution in [0.3, 0.4) is 0 Å². The largest absolute Gasteiger partial charge is 0.309 e. The van der Waals surface area contributed by atoms with E-state index in [4.69, 9.17) is 11.6 Å². The molecule has 0 aliphatic carbocycles. The summed E-state index contributed by atoms with van der Waals surface area (Å²) in [6.07, 6.45) is 1.04. The van der Waals surface area contributed by atoms with Crippen LogP contribution in [0.25, 0.3) is 11.3 Å². The highest BCUT2D eigenvalue weighted by Crippen LogP contribution is 2.23. The van der Waals surface area contributed by atoms with Crippen LogP contribution in [0.15, 0.2) is 42.5 Å². The zero-order chi connectivity index (χ0) is 21.1. The highest BCUT2D eigenvalue weighted by molar-refractivity contribution is 6.30. The van der Waals surface area contributed by atoms with Crippen LogP contribution in [0.1, 0.15) is 25.0 Å². The Balaban J connectivity index is 1.32. The number of nitrogens with zero attached hydrogens (tertiary/aromatic N) is 5. The van der Waals surface area contributed by atoms with E-state index in [2.05, 4.69) is 20.6 Å². The van der Waals surface area contributed by atoms with Crippen LogP contribution in [0.2, 0.25) is 5.02 Å². The molecular formula is C21H21ClN6O2. The topological polar surface area (TPSA) is 93.0 Å². The number of aromatic nitrogens is 4. The predicted octanol–water partition coefficient (Wildman–Crippen LogP) is 3.46. The summed E-state index contributed by atoms with van der Waals surface area (Å²) in [6.45, 7) is 3.35. The van der Waals surface area contributed by atoms with Crippen molar-refractivity contribution in [1.29, 1.82) is 0 Å². The Labute approximate surface area is 178 Å². The molecule has 1 aliphatic heterocycles. The molecule has 1 N–H and O–H groups in total. The Hall–Kier alpha value is -3.26. The number of aryl methyl sites for hydroxylation is 2. The molecule has 0 saturated carbocycles. The Morgan fingerprint density at radius 3 is 2.60 bits per heavy atom. The molecule has 2 amide bonds. The van der Waals surface area contributed by atoms with Crippen molar-refractivity contribution in [3.63, 3.8) is 0 Å². The number of carbonyl (C=O) groups is 2. The maximum Gasteiger partial charge on any atom is 0.228 e. The van der Waals surface area contributed by atoms with Crippen molar-refractivity contribution < 1.29 is 9.59 Å². The molecule has 0 spiro atoms. The second kappa shape index (κ2) is 8.62. The summed E-state index contributed by atoms with van der Waals surface area (Å²) in [7, 11) is 0. The van der Waals surface area contributed by atoms with E-state index in [-0.39, 0.29) is 24.7 Å². The van der Waals surface area contributed by atoms with Crippen LogP contribution in [-0.4, -0.2) is 38.3 Å². The Morgan fingerprint density at radius 1 is 1.07 bits per heavy atom. The van der Waals surface area contributed by atoms with Crippen molar-refractivity contribution in [2.24, 2.45) is 0 Å². The third-order valence-corrected chi connectivity index (χ3v) is 5.10. The second-order valence-corrected chi connectivity index (χ2v) is 7.56. The lowest BCUT2D eigenvalue weighted by atomic mass is 10.1. The van der Waals surface area contributed by atoms with Crippen molar-refractivity contribution >= 4 is 35.1 Å². The van der Waals surface area contributed by atoms with Gasteiger partial charge in [-0.25, -0.2) is 4.68 Å². The van der Waals surface area contributed by atoms with Gasteiger partial charge < -0.3 is 5.32 Å². The van der Waals surface area contributed by atoms with Gasteiger partial charge in [0, 0.05) is 42.6 Å². The SMILES string of the molecule is Cc1cc2n(n1)CCCN2C(=O)CCC(=O)Nc1ccc(-c2ccc(Cl)cc2)nn1. The highest BCUT2D eigenvalue weighted by atomic mass is 35.5. The first-order valence-electron chi connectivity index (χ1n) is 9.74. The van der Waals surface area contributed by atoms with Crippen LogP contribution in [0.5, 0.6) is 0 Å². The predicted molar refractivity (Wildman–Crippen MR) is 114 cm³/mol. The molecule has 30 heavy (non-hydrogen) atoms. The Morgan fingerprint density at radius 2 is 1.87 bits per heavy atom. The number of carbonyl (C=O) groups excluding carboxylic acids is 2. The maximum atomic E-state index is 12.6. The van der Waals surface area contributed by atoms with Crippen LogP contribution in [0, 0.1) is 6.92 Å². The quantitative estimate of drug-likeness (QED) is 0.677. The summed E-state index contributed by atoms with van der Waals surface area (Å²) < 4.78 is 1.84. The van der Waals surface area contributed by atoms with Crippen molar-refractivity contribution in [2.45, 2.75) is 32.7 Å². The van der Waals surface area contributed by atoms with Gasteiger partial charge in [-0.2, -0.15) is 5.10 Å². The number of anilines is 2. The zero-order valence-corrected chi connectivity index (χ0v) is 17.3. The van der Waals surface area contributed by atoms with Gasteiger partial charge in [0.1, 0.15) is 5.82 Å². The van der Waals surface area contributed by atoms with Crippen LogP contribution in [-0.2, 0) is 16.1 Å². The summed E-state index contributed by atoms with van der Waals surface area (Å²) in [5, 5.41) is 15.9. The summed E-state index contributed by atoms with van der Waals surface area (Å²) in [4.78, 5) is 26.6. The zero-order valence-electron chi connectivity index (χ0n) is 16.5. The molecule has 0 fully saturated rings. The summed E-state index contributed by atoms with van der Waals surface area (Å²) in [6, 6.07) is 12.6. The molecule has 3 heterocycles. The van der Waals surface area contributed by atoms with E-state index in [0.29, 0.717) is 23.1 Å². The monoisotopic (exact) mass is 424 g/mol. The van der Waals surface area contributed by atoms with Gasteiger partial charge >= 0.3 is 0 Å². The fourth-order valence-electron chi connectivity index (χ4n) is 3.39. The lowest BCUT2D eigenvalue weighted by molar-refractivity contribution is -0.122. The molecule has 0 saturated heterocycles. The van der Waals surface area contributed by atoms with Crippen molar-refractivity contribution in [3.05, 3.63) is 53.2 Å². The first-order chi connectivity index (χ1) is 14.5. The number of nitrogens with one attached hydrogen (secondary N) is 1. The van der Waals surface area contributed by atoms with Gasteiger partial charge in [0.25, 0.3) is 0 Å². The average Bonchev–Trinajstić information content (AvgIpc) is 3.13. The van der Waals surface area contributed by atoms with Gasteiger partial charge in [0.15, 0.2) is 5.82 Å². The molecule has 0 unspecified atom stereocenters. The molecule has 0 atom stereocenters. The van der Waals surface area contributed by atoms with Gasteiger partial charge in [-0.1, -0.05) is 23.7 Å². The van der Waals surface area contributed by atoms with E-state index >= 15 is 0 Å². The minimum absolute atomic E-state index is 0.0725. The summed E-state index contributed by atoms with van der Waals surface area (Å²) in [5.74, 6) is 0.776. The van der Waals surface area contributed by atoms with E-state index in [1.807, 2.05) is 29.8 Å². The van der Waals surface area contributed by atoms with Gasteiger partial charge in [-0.05, 0) is 37.6 Å². The van der Waals surface area contributed by atoms with E-state index < -0.39 is 0 Å². The molecule has 2 aromatic heterocycles. The second-order valence-electron chi connectivity index (χ2n) is 7.12. The van der Waals surface area contributed by atoms with Crippen molar-refractivity contribution in [1.82, 2.24) is 20.0 Å². The molecule has 4 rings (SSSR count). The molecule has 0 bridgehead atoms. The lowest BCUT2D eigenvalue weighted by Gasteiger charge is -2.27. The van der Waals surface area contributed by atoms with Crippen LogP contribution < -0.4 is 10.2 Å². The smallest absolute Gasteiger partial charge is 0.228 e. The Kier molecular flexibility index (Phi) is 5.76. The number of hydrogen-bond donors (Lipinski definition) is 1. The number of fused-ring (bicyclic) bond motifs is 1. The molecule has 0 radical (unpaired) electrons. The number of hydrogen-bond acceptors (Lipinski definition) is 5. The minimum Gasteiger partial charge on any atom is -0.309 e. The summed E-state index contributed by atoms with van der Waals surface area (Å²) in [5.41, 5.74) is 2.44. The normalized spacial score (nSPS) is 13.1. The van der Waals surface area contributed by atoms with Crippen molar-refractivity contribution in [2.75, 3.05) is 16.8 Å². The van der Waals surface area contributed by atoms with Crippen LogP contribution in [0.4, 0.5) is 11.6 Å². The van der Waals surface area contributed by atoms with Crippen LogP contribution >= 0.6 is 11.6 Å². The molecule has 1 aromatic carbocycles. The molecular weight excluding hydrogens is 404 g/mol. The fraction of sp³-hybridized carbons (Fsp3) is 0.286. The van der Waals surface area contributed by atoms with Gasteiger partial charge in [-0.3, -0.25) is 14.5 Å². The van der Waals surface area contributed by atoms with Gasteiger partial charge in [0.2, 0.25) is 11.8 Å². The maximum absolute atomic E-state index is 12.6.